The van der Waals surface area contributed by atoms with Crippen LogP contribution in [0.3, 0.4) is 0 Å². The van der Waals surface area contributed by atoms with E-state index in [0.29, 0.717) is 12.5 Å². The lowest BCUT2D eigenvalue weighted by Crippen LogP contribution is -2.33. The maximum atomic E-state index is 6.00. The van der Waals surface area contributed by atoms with Crippen LogP contribution in [0.1, 0.15) is 18.4 Å². The van der Waals surface area contributed by atoms with Gasteiger partial charge in [0, 0.05) is 12.5 Å². The zero-order chi connectivity index (χ0) is 15.0. The van der Waals surface area contributed by atoms with Gasteiger partial charge in [0.15, 0.2) is 11.5 Å². The van der Waals surface area contributed by atoms with Gasteiger partial charge in [0.2, 0.25) is 0 Å². The molecule has 116 valence electrons. The molecule has 0 saturated carbocycles. The van der Waals surface area contributed by atoms with E-state index < -0.39 is 0 Å². The first kappa shape index (κ1) is 14.9. The van der Waals surface area contributed by atoms with Gasteiger partial charge in [-0.25, -0.2) is 0 Å². The molecule has 0 amide bonds. The van der Waals surface area contributed by atoms with Crippen molar-refractivity contribution in [2.45, 2.75) is 19.4 Å². The third-order valence-electron chi connectivity index (χ3n) is 3.96. The lowest BCUT2D eigenvalue weighted by Gasteiger charge is -2.23. The molecule has 0 aliphatic carbocycles. The minimum Gasteiger partial charge on any atom is -0.489 e. The fraction of sp³-hybridized carbons (Fsp3) is 0.368. The lowest BCUT2D eigenvalue weighted by atomic mass is 10.0. The molecule has 0 bridgehead atoms. The minimum absolute atomic E-state index is 0.562. The molecule has 1 fully saturated rings. The summed E-state index contributed by atoms with van der Waals surface area (Å²) in [5, 5.41) is 3.42. The van der Waals surface area contributed by atoms with Crippen LogP contribution >= 0.6 is 0 Å². The molecule has 1 N–H and O–H groups in total. The number of nitrogens with one attached hydrogen (secondary N) is 1. The summed E-state index contributed by atoms with van der Waals surface area (Å²) >= 11 is 0. The zero-order valence-corrected chi connectivity index (χ0v) is 12.8. The molecule has 1 saturated heterocycles. The smallest absolute Gasteiger partial charge is 0.161 e. The molecule has 0 unspecified atom stereocenters. The average molecular weight is 297 g/mol. The average Bonchev–Trinajstić information content (AvgIpc) is 2.61. The zero-order valence-electron chi connectivity index (χ0n) is 12.8. The van der Waals surface area contributed by atoms with E-state index in [9.17, 15) is 0 Å². The second kappa shape index (κ2) is 7.85. The fourth-order valence-electron chi connectivity index (χ4n) is 2.70. The van der Waals surface area contributed by atoms with Crippen molar-refractivity contribution in [3.63, 3.8) is 0 Å². The van der Waals surface area contributed by atoms with Crippen LogP contribution in [0.25, 0.3) is 0 Å². The molecule has 1 aliphatic rings. The highest BCUT2D eigenvalue weighted by atomic mass is 16.5. The molecular formula is C19H23NO2. The molecule has 22 heavy (non-hydrogen) atoms. The SMILES string of the molecule is c1ccc(COc2ccccc2OC[C@H]2CCCNC2)cc1. The molecule has 2 aromatic rings. The number of benzene rings is 2. The van der Waals surface area contributed by atoms with Gasteiger partial charge in [-0.3, -0.25) is 0 Å². The molecule has 2 aromatic carbocycles. The van der Waals surface area contributed by atoms with Crippen molar-refractivity contribution in [3.05, 3.63) is 60.2 Å². The summed E-state index contributed by atoms with van der Waals surface area (Å²) in [5.41, 5.74) is 1.16. The highest BCUT2D eigenvalue weighted by Gasteiger charge is 2.14. The van der Waals surface area contributed by atoms with E-state index in [4.69, 9.17) is 9.47 Å². The van der Waals surface area contributed by atoms with Crippen LogP contribution in [0, 0.1) is 5.92 Å². The first-order chi connectivity index (χ1) is 10.9. The molecule has 1 aliphatic heterocycles. The number of para-hydroxylation sites is 2. The van der Waals surface area contributed by atoms with Gasteiger partial charge in [-0.1, -0.05) is 42.5 Å². The third-order valence-corrected chi connectivity index (χ3v) is 3.96. The molecule has 1 heterocycles. The monoisotopic (exact) mass is 297 g/mol. The first-order valence-electron chi connectivity index (χ1n) is 8.01. The normalized spacial score (nSPS) is 17.9. The second-order valence-corrected chi connectivity index (χ2v) is 5.74. The summed E-state index contributed by atoms with van der Waals surface area (Å²) in [7, 11) is 0. The fourth-order valence-corrected chi connectivity index (χ4v) is 2.70. The highest BCUT2D eigenvalue weighted by Crippen LogP contribution is 2.28. The van der Waals surface area contributed by atoms with Crippen LogP contribution in [0.15, 0.2) is 54.6 Å². The van der Waals surface area contributed by atoms with Gasteiger partial charge >= 0.3 is 0 Å². The first-order valence-corrected chi connectivity index (χ1v) is 8.01. The number of ether oxygens (including phenoxy) is 2. The Morgan fingerprint density at radius 3 is 2.36 bits per heavy atom. The third kappa shape index (κ3) is 4.25. The Morgan fingerprint density at radius 1 is 0.909 bits per heavy atom. The van der Waals surface area contributed by atoms with Gasteiger partial charge in [0.1, 0.15) is 6.61 Å². The Kier molecular flexibility index (Phi) is 5.32. The van der Waals surface area contributed by atoms with Crippen molar-refractivity contribution in [3.8, 4) is 11.5 Å². The van der Waals surface area contributed by atoms with Crippen molar-refractivity contribution in [2.24, 2.45) is 5.92 Å². The molecule has 3 nitrogen and oxygen atoms in total. The molecule has 3 rings (SSSR count). The van der Waals surface area contributed by atoms with E-state index in [2.05, 4.69) is 17.4 Å². The van der Waals surface area contributed by atoms with E-state index in [1.54, 1.807) is 0 Å². The van der Waals surface area contributed by atoms with Crippen LogP contribution in [0.5, 0.6) is 11.5 Å². The molecule has 0 radical (unpaired) electrons. The van der Waals surface area contributed by atoms with Gasteiger partial charge in [0.05, 0.1) is 6.61 Å². The number of rotatable bonds is 6. The van der Waals surface area contributed by atoms with Gasteiger partial charge < -0.3 is 14.8 Å². The predicted octanol–water partition coefficient (Wildman–Crippen LogP) is 3.64. The summed E-state index contributed by atoms with van der Waals surface area (Å²) in [4.78, 5) is 0. The number of hydrogen-bond acceptors (Lipinski definition) is 3. The largest absolute Gasteiger partial charge is 0.489 e. The van der Waals surface area contributed by atoms with Crippen molar-refractivity contribution in [1.29, 1.82) is 0 Å². The Balaban J connectivity index is 1.57. The molecule has 0 aromatic heterocycles. The maximum absolute atomic E-state index is 6.00. The van der Waals surface area contributed by atoms with Crippen LogP contribution in [0.2, 0.25) is 0 Å². The standard InChI is InChI=1S/C19H23NO2/c1-2-7-16(8-3-1)14-21-18-10-4-5-11-19(18)22-15-17-9-6-12-20-13-17/h1-5,7-8,10-11,17,20H,6,9,12-15H2/t17-/m0/s1. The summed E-state index contributed by atoms with van der Waals surface area (Å²) in [6.45, 7) is 3.49. The Morgan fingerprint density at radius 2 is 1.64 bits per heavy atom. The summed E-state index contributed by atoms with van der Waals surface area (Å²) in [5.74, 6) is 2.25. The van der Waals surface area contributed by atoms with Crippen LogP contribution in [0.4, 0.5) is 0 Å². The maximum Gasteiger partial charge on any atom is 0.161 e. The lowest BCUT2D eigenvalue weighted by molar-refractivity contribution is 0.204. The number of piperidine rings is 1. The van der Waals surface area contributed by atoms with E-state index >= 15 is 0 Å². The highest BCUT2D eigenvalue weighted by molar-refractivity contribution is 5.39. The van der Waals surface area contributed by atoms with Gasteiger partial charge in [0.25, 0.3) is 0 Å². The van der Waals surface area contributed by atoms with E-state index in [1.807, 2.05) is 42.5 Å². The van der Waals surface area contributed by atoms with Crippen molar-refractivity contribution < 1.29 is 9.47 Å². The topological polar surface area (TPSA) is 30.5 Å². The Hall–Kier alpha value is -2.00. The number of hydrogen-bond donors (Lipinski definition) is 1. The van der Waals surface area contributed by atoms with Crippen LogP contribution in [-0.4, -0.2) is 19.7 Å². The Labute approximate surface area is 132 Å². The van der Waals surface area contributed by atoms with E-state index in [1.165, 1.54) is 12.8 Å². The van der Waals surface area contributed by atoms with E-state index in [-0.39, 0.29) is 0 Å². The summed E-state index contributed by atoms with van der Waals surface area (Å²) < 4.78 is 11.9. The van der Waals surface area contributed by atoms with Crippen molar-refractivity contribution >= 4 is 0 Å². The van der Waals surface area contributed by atoms with Crippen molar-refractivity contribution in [2.75, 3.05) is 19.7 Å². The predicted molar refractivity (Wildman–Crippen MR) is 88.3 cm³/mol. The van der Waals surface area contributed by atoms with Gasteiger partial charge in [-0.15, -0.1) is 0 Å². The van der Waals surface area contributed by atoms with Crippen molar-refractivity contribution in [1.82, 2.24) is 5.32 Å². The molecule has 3 heteroatoms. The molecular weight excluding hydrogens is 274 g/mol. The quantitative estimate of drug-likeness (QED) is 0.883. The van der Waals surface area contributed by atoms with E-state index in [0.717, 1.165) is 36.8 Å². The van der Waals surface area contributed by atoms with Crippen LogP contribution < -0.4 is 14.8 Å². The van der Waals surface area contributed by atoms with Gasteiger partial charge in [-0.2, -0.15) is 0 Å². The second-order valence-electron chi connectivity index (χ2n) is 5.74. The Bertz CT molecular complexity index is 565. The molecule has 1 atom stereocenters. The van der Waals surface area contributed by atoms with Gasteiger partial charge in [-0.05, 0) is 37.1 Å². The summed E-state index contributed by atoms with van der Waals surface area (Å²) in [6.07, 6.45) is 2.47. The minimum atomic E-state index is 0.562. The van der Waals surface area contributed by atoms with Crippen LogP contribution in [-0.2, 0) is 6.61 Å². The molecule has 0 spiro atoms. The summed E-state index contributed by atoms with van der Waals surface area (Å²) in [6, 6.07) is 18.1.